The van der Waals surface area contributed by atoms with Crippen LogP contribution in [0.5, 0.6) is 11.5 Å². The molecule has 0 radical (unpaired) electrons. The SMILES string of the molecule is Cc1ccc(-c2nn(-c3ccccc3)cc2C=NNC(=O)c2ccc3c(c2)OCO3)cc1. The first-order chi connectivity index (χ1) is 15.7. The number of aromatic nitrogens is 2. The van der Waals surface area contributed by atoms with Crippen molar-refractivity contribution in [1.29, 1.82) is 0 Å². The van der Waals surface area contributed by atoms with E-state index in [2.05, 4.69) is 10.5 Å². The van der Waals surface area contributed by atoms with Gasteiger partial charge in [0.05, 0.1) is 11.9 Å². The molecule has 32 heavy (non-hydrogen) atoms. The van der Waals surface area contributed by atoms with E-state index in [1.54, 1.807) is 29.1 Å². The van der Waals surface area contributed by atoms with Crippen LogP contribution in [0.15, 0.2) is 84.1 Å². The lowest BCUT2D eigenvalue weighted by Crippen LogP contribution is -2.17. The van der Waals surface area contributed by atoms with Crippen LogP contribution in [0.3, 0.4) is 0 Å². The van der Waals surface area contributed by atoms with Crippen LogP contribution in [0.2, 0.25) is 0 Å². The first-order valence-electron chi connectivity index (χ1n) is 10.1. The van der Waals surface area contributed by atoms with Gasteiger partial charge in [-0.05, 0) is 37.3 Å². The van der Waals surface area contributed by atoms with E-state index in [1.807, 2.05) is 67.7 Å². The van der Waals surface area contributed by atoms with Crippen molar-refractivity contribution in [3.8, 4) is 28.4 Å². The van der Waals surface area contributed by atoms with Crippen molar-refractivity contribution in [3.05, 3.63) is 95.7 Å². The van der Waals surface area contributed by atoms with Crippen molar-refractivity contribution < 1.29 is 14.3 Å². The summed E-state index contributed by atoms with van der Waals surface area (Å²) in [5, 5.41) is 8.93. The van der Waals surface area contributed by atoms with Gasteiger partial charge < -0.3 is 9.47 Å². The number of amides is 1. The Labute approximate surface area is 184 Å². The van der Waals surface area contributed by atoms with Crippen LogP contribution >= 0.6 is 0 Å². The maximum atomic E-state index is 12.5. The van der Waals surface area contributed by atoms with Gasteiger partial charge in [0.15, 0.2) is 11.5 Å². The normalized spacial score (nSPS) is 12.3. The summed E-state index contributed by atoms with van der Waals surface area (Å²) in [5.74, 6) is 0.834. The third-order valence-electron chi connectivity index (χ3n) is 5.09. The summed E-state index contributed by atoms with van der Waals surface area (Å²) >= 11 is 0. The maximum absolute atomic E-state index is 12.5. The van der Waals surface area contributed by atoms with Gasteiger partial charge in [0, 0.05) is 22.9 Å². The summed E-state index contributed by atoms with van der Waals surface area (Å²) in [6.07, 6.45) is 3.49. The number of fused-ring (bicyclic) bond motifs is 1. The Morgan fingerprint density at radius 2 is 1.81 bits per heavy atom. The second kappa shape index (κ2) is 8.39. The molecule has 2 heterocycles. The molecule has 1 aromatic heterocycles. The molecule has 7 nitrogen and oxygen atoms in total. The maximum Gasteiger partial charge on any atom is 0.271 e. The van der Waals surface area contributed by atoms with E-state index in [0.29, 0.717) is 17.1 Å². The lowest BCUT2D eigenvalue weighted by Gasteiger charge is -2.02. The fraction of sp³-hybridized carbons (Fsp3) is 0.0800. The van der Waals surface area contributed by atoms with Crippen LogP contribution in [0, 0.1) is 6.92 Å². The molecule has 0 bridgehead atoms. The van der Waals surface area contributed by atoms with Crippen molar-refractivity contribution >= 4 is 12.1 Å². The minimum Gasteiger partial charge on any atom is -0.454 e. The molecule has 0 saturated heterocycles. The van der Waals surface area contributed by atoms with E-state index in [4.69, 9.17) is 14.6 Å². The van der Waals surface area contributed by atoms with E-state index in [-0.39, 0.29) is 12.7 Å². The summed E-state index contributed by atoms with van der Waals surface area (Å²) in [7, 11) is 0. The highest BCUT2D eigenvalue weighted by Gasteiger charge is 2.16. The highest BCUT2D eigenvalue weighted by atomic mass is 16.7. The molecule has 0 atom stereocenters. The summed E-state index contributed by atoms with van der Waals surface area (Å²) < 4.78 is 12.4. The molecule has 7 heteroatoms. The Balaban J connectivity index is 1.41. The predicted molar refractivity (Wildman–Crippen MR) is 121 cm³/mol. The lowest BCUT2D eigenvalue weighted by atomic mass is 10.1. The number of aryl methyl sites for hydroxylation is 1. The molecule has 5 rings (SSSR count). The van der Waals surface area contributed by atoms with Crippen LogP contribution in [0.1, 0.15) is 21.5 Å². The van der Waals surface area contributed by atoms with Gasteiger partial charge >= 0.3 is 0 Å². The number of hydrogen-bond acceptors (Lipinski definition) is 5. The predicted octanol–water partition coefficient (Wildman–Crippen LogP) is 4.34. The zero-order chi connectivity index (χ0) is 21.9. The molecule has 0 aliphatic carbocycles. The van der Waals surface area contributed by atoms with Gasteiger partial charge in [-0.1, -0.05) is 48.0 Å². The molecule has 3 aromatic carbocycles. The number of rotatable bonds is 5. The number of carbonyl (C=O) groups excluding carboxylic acids is 1. The van der Waals surface area contributed by atoms with Gasteiger partial charge in [-0.15, -0.1) is 0 Å². The quantitative estimate of drug-likeness (QED) is 0.382. The van der Waals surface area contributed by atoms with Gasteiger partial charge in [-0.25, -0.2) is 10.1 Å². The second-order valence-electron chi connectivity index (χ2n) is 7.35. The highest BCUT2D eigenvalue weighted by Crippen LogP contribution is 2.32. The number of hydrazone groups is 1. The number of para-hydroxylation sites is 1. The molecular weight excluding hydrogens is 404 g/mol. The Kier molecular flexibility index (Phi) is 5.13. The molecular formula is C25H20N4O3. The van der Waals surface area contributed by atoms with Crippen molar-refractivity contribution in [3.63, 3.8) is 0 Å². The smallest absolute Gasteiger partial charge is 0.271 e. The summed E-state index contributed by atoms with van der Waals surface area (Å²) in [5.41, 5.74) is 7.63. The van der Waals surface area contributed by atoms with Crippen LogP contribution < -0.4 is 14.9 Å². The topological polar surface area (TPSA) is 77.7 Å². The third-order valence-corrected chi connectivity index (χ3v) is 5.09. The van der Waals surface area contributed by atoms with Crippen molar-refractivity contribution in [1.82, 2.24) is 15.2 Å². The van der Waals surface area contributed by atoms with E-state index in [9.17, 15) is 4.79 Å². The van der Waals surface area contributed by atoms with Crippen molar-refractivity contribution in [2.24, 2.45) is 5.10 Å². The average molecular weight is 424 g/mol. The summed E-state index contributed by atoms with van der Waals surface area (Å²) in [6.45, 7) is 2.20. The van der Waals surface area contributed by atoms with Gasteiger partial charge in [0.2, 0.25) is 6.79 Å². The van der Waals surface area contributed by atoms with Crippen molar-refractivity contribution in [2.45, 2.75) is 6.92 Å². The van der Waals surface area contributed by atoms with Crippen LogP contribution in [0.4, 0.5) is 0 Å². The number of benzene rings is 3. The van der Waals surface area contributed by atoms with E-state index >= 15 is 0 Å². The Hall–Kier alpha value is -4.39. The first kappa shape index (κ1) is 19.6. The number of hydrogen-bond donors (Lipinski definition) is 1. The second-order valence-corrected chi connectivity index (χ2v) is 7.35. The third kappa shape index (κ3) is 3.96. The molecule has 4 aromatic rings. The Bertz CT molecular complexity index is 1290. The number of nitrogens with one attached hydrogen (secondary N) is 1. The van der Waals surface area contributed by atoms with Gasteiger partial charge in [0.1, 0.15) is 5.69 Å². The Morgan fingerprint density at radius 1 is 1.03 bits per heavy atom. The fourth-order valence-electron chi connectivity index (χ4n) is 3.39. The largest absolute Gasteiger partial charge is 0.454 e. The highest BCUT2D eigenvalue weighted by molar-refractivity contribution is 5.96. The van der Waals surface area contributed by atoms with E-state index < -0.39 is 0 Å². The van der Waals surface area contributed by atoms with Crippen LogP contribution in [0.25, 0.3) is 16.9 Å². The zero-order valence-corrected chi connectivity index (χ0v) is 17.4. The molecule has 1 aliphatic rings. The molecule has 0 unspecified atom stereocenters. The number of ether oxygens (including phenoxy) is 2. The molecule has 1 aliphatic heterocycles. The average Bonchev–Trinajstić information content (AvgIpc) is 3.47. The molecule has 158 valence electrons. The molecule has 1 N–H and O–H groups in total. The molecule has 0 saturated carbocycles. The molecule has 0 fully saturated rings. The molecule has 1 amide bonds. The van der Waals surface area contributed by atoms with Gasteiger partial charge in [-0.2, -0.15) is 10.2 Å². The lowest BCUT2D eigenvalue weighted by molar-refractivity contribution is 0.0954. The van der Waals surface area contributed by atoms with E-state index in [0.717, 1.165) is 22.5 Å². The Morgan fingerprint density at radius 3 is 2.62 bits per heavy atom. The standard InChI is InChI=1S/C25H20N4O3/c1-17-7-9-18(10-8-17)24-20(15-29(28-24)21-5-3-2-4-6-21)14-26-27-25(30)19-11-12-22-23(13-19)32-16-31-22/h2-15H,16H2,1H3,(H,27,30). The number of nitrogens with zero attached hydrogens (tertiary/aromatic N) is 3. The van der Waals surface area contributed by atoms with Crippen LogP contribution in [-0.2, 0) is 0 Å². The summed E-state index contributed by atoms with van der Waals surface area (Å²) in [6, 6.07) is 23.0. The van der Waals surface area contributed by atoms with Crippen LogP contribution in [-0.4, -0.2) is 28.7 Å². The first-order valence-corrected chi connectivity index (χ1v) is 10.1. The van der Waals surface area contributed by atoms with E-state index in [1.165, 1.54) is 5.56 Å². The summed E-state index contributed by atoms with van der Waals surface area (Å²) in [4.78, 5) is 12.5. The minimum atomic E-state index is -0.341. The monoisotopic (exact) mass is 424 g/mol. The minimum absolute atomic E-state index is 0.158. The molecule has 0 spiro atoms. The zero-order valence-electron chi connectivity index (χ0n) is 17.4. The fourth-order valence-corrected chi connectivity index (χ4v) is 3.39. The van der Waals surface area contributed by atoms with Gasteiger partial charge in [0.25, 0.3) is 5.91 Å². The van der Waals surface area contributed by atoms with Crippen molar-refractivity contribution in [2.75, 3.05) is 6.79 Å². The number of carbonyl (C=O) groups is 1. The van der Waals surface area contributed by atoms with Gasteiger partial charge in [-0.3, -0.25) is 4.79 Å².